The number of thioether (sulfide) groups is 1. The van der Waals surface area contributed by atoms with Crippen LogP contribution in [-0.4, -0.2) is 39.3 Å². The summed E-state index contributed by atoms with van der Waals surface area (Å²) < 4.78 is 2.49. The molecule has 2 fully saturated rings. The molecule has 0 radical (unpaired) electrons. The van der Waals surface area contributed by atoms with E-state index in [0.717, 1.165) is 24.7 Å². The van der Waals surface area contributed by atoms with E-state index in [4.69, 9.17) is 10.1 Å². The lowest BCUT2D eigenvalue weighted by Gasteiger charge is -2.24. The van der Waals surface area contributed by atoms with Crippen molar-refractivity contribution in [2.75, 3.05) is 18.8 Å². The molecule has 1 aromatic rings. The van der Waals surface area contributed by atoms with Crippen molar-refractivity contribution in [3.8, 4) is 0 Å². The van der Waals surface area contributed by atoms with Gasteiger partial charge in [0.05, 0.1) is 18.3 Å². The van der Waals surface area contributed by atoms with Crippen molar-refractivity contribution < 1.29 is 0 Å². The molecule has 1 atom stereocenters. The van der Waals surface area contributed by atoms with Crippen molar-refractivity contribution in [2.45, 2.75) is 69.7 Å². The Bertz CT molecular complexity index is 547. The topological polar surface area (TPSA) is 54.2 Å². The molecular formula is C18H32IN5S. The van der Waals surface area contributed by atoms with E-state index in [1.54, 1.807) is 0 Å². The fourth-order valence-electron chi connectivity index (χ4n) is 3.58. The Balaban J connectivity index is 0.00000225. The molecule has 0 amide bonds. The first-order valence-electron chi connectivity index (χ1n) is 9.39. The summed E-state index contributed by atoms with van der Waals surface area (Å²) in [7, 11) is 0. The zero-order valence-electron chi connectivity index (χ0n) is 15.5. The molecule has 0 bridgehead atoms. The van der Waals surface area contributed by atoms with E-state index in [2.05, 4.69) is 53.2 Å². The fourth-order valence-corrected chi connectivity index (χ4v) is 4.83. The predicted molar refractivity (Wildman–Crippen MR) is 118 cm³/mol. The second-order valence-electron chi connectivity index (χ2n) is 7.18. The van der Waals surface area contributed by atoms with Gasteiger partial charge in [0.2, 0.25) is 0 Å². The van der Waals surface area contributed by atoms with Gasteiger partial charge in [-0.05, 0) is 51.3 Å². The number of nitrogens with one attached hydrogen (secondary N) is 2. The monoisotopic (exact) mass is 477 g/mol. The molecule has 1 aromatic heterocycles. The first kappa shape index (κ1) is 20.9. The Morgan fingerprint density at radius 2 is 2.16 bits per heavy atom. The van der Waals surface area contributed by atoms with Gasteiger partial charge in [-0.2, -0.15) is 16.9 Å². The van der Waals surface area contributed by atoms with Crippen LogP contribution in [0, 0.1) is 0 Å². The average molecular weight is 477 g/mol. The molecule has 1 aliphatic heterocycles. The van der Waals surface area contributed by atoms with Gasteiger partial charge >= 0.3 is 0 Å². The van der Waals surface area contributed by atoms with Gasteiger partial charge in [-0.3, -0.25) is 4.68 Å². The van der Waals surface area contributed by atoms with Crippen molar-refractivity contribution in [1.82, 2.24) is 20.4 Å². The maximum absolute atomic E-state index is 4.73. The van der Waals surface area contributed by atoms with Gasteiger partial charge in [0.1, 0.15) is 0 Å². The zero-order valence-corrected chi connectivity index (χ0v) is 18.6. The third kappa shape index (κ3) is 6.05. The van der Waals surface area contributed by atoms with Gasteiger partial charge < -0.3 is 10.6 Å². The van der Waals surface area contributed by atoms with Crippen molar-refractivity contribution in [1.29, 1.82) is 0 Å². The number of guanidine groups is 1. The smallest absolute Gasteiger partial charge is 0.191 e. The molecule has 1 unspecified atom stereocenters. The molecule has 0 aromatic carbocycles. The van der Waals surface area contributed by atoms with Crippen LogP contribution in [0.4, 0.5) is 0 Å². The molecular weight excluding hydrogens is 445 g/mol. The predicted octanol–water partition coefficient (Wildman–Crippen LogP) is 3.96. The van der Waals surface area contributed by atoms with Crippen molar-refractivity contribution in [3.63, 3.8) is 0 Å². The Morgan fingerprint density at radius 3 is 2.84 bits per heavy atom. The van der Waals surface area contributed by atoms with Crippen LogP contribution < -0.4 is 10.6 Å². The van der Waals surface area contributed by atoms with Crippen LogP contribution in [-0.2, 0) is 6.54 Å². The summed E-state index contributed by atoms with van der Waals surface area (Å²) >= 11 is 2.08. The minimum Gasteiger partial charge on any atom is -0.357 e. The molecule has 3 rings (SSSR count). The molecule has 2 aliphatic rings. The molecule has 1 aliphatic carbocycles. The van der Waals surface area contributed by atoms with Gasteiger partial charge in [-0.1, -0.05) is 12.8 Å². The van der Waals surface area contributed by atoms with Crippen molar-refractivity contribution in [2.24, 2.45) is 4.99 Å². The molecule has 5 nitrogen and oxygen atoms in total. The van der Waals surface area contributed by atoms with Gasteiger partial charge in [-0.15, -0.1) is 24.0 Å². The molecule has 2 N–H and O–H groups in total. The summed E-state index contributed by atoms with van der Waals surface area (Å²) in [6.07, 6.45) is 9.95. The number of aromatic nitrogens is 2. The van der Waals surface area contributed by atoms with E-state index < -0.39 is 0 Å². The Morgan fingerprint density at radius 1 is 1.36 bits per heavy atom. The first-order chi connectivity index (χ1) is 11.7. The van der Waals surface area contributed by atoms with Crippen LogP contribution in [0.1, 0.15) is 64.1 Å². The quantitative estimate of drug-likeness (QED) is 0.370. The highest BCUT2D eigenvalue weighted by Gasteiger charge is 2.29. The number of halogens is 1. The third-order valence-corrected chi connectivity index (χ3v) is 6.57. The second-order valence-corrected chi connectivity index (χ2v) is 8.86. The van der Waals surface area contributed by atoms with Crippen LogP contribution in [0.5, 0.6) is 0 Å². The molecule has 25 heavy (non-hydrogen) atoms. The number of rotatable bonds is 6. The second kappa shape index (κ2) is 10.0. The highest BCUT2D eigenvalue weighted by atomic mass is 127. The highest BCUT2D eigenvalue weighted by molar-refractivity contribution is 14.0. The van der Waals surface area contributed by atoms with E-state index in [1.165, 1.54) is 44.3 Å². The van der Waals surface area contributed by atoms with Crippen LogP contribution in [0.15, 0.2) is 17.3 Å². The molecule has 1 saturated heterocycles. The van der Waals surface area contributed by atoms with Gasteiger partial charge in [0.25, 0.3) is 0 Å². The maximum atomic E-state index is 4.73. The van der Waals surface area contributed by atoms with Crippen LogP contribution in [0.2, 0.25) is 0 Å². The number of hydrogen-bond acceptors (Lipinski definition) is 3. The van der Waals surface area contributed by atoms with Crippen LogP contribution in [0.3, 0.4) is 0 Å². The Hall–Kier alpha value is -0.440. The summed E-state index contributed by atoms with van der Waals surface area (Å²) in [4.78, 5) is 4.73. The summed E-state index contributed by atoms with van der Waals surface area (Å²) in [6.45, 7) is 6.95. The summed E-state index contributed by atoms with van der Waals surface area (Å²) in [5.74, 6) is 2.19. The minimum atomic E-state index is 0. The van der Waals surface area contributed by atoms with Crippen molar-refractivity contribution >= 4 is 41.7 Å². The summed E-state index contributed by atoms with van der Waals surface area (Å²) in [5.41, 5.74) is 1.06. The molecule has 2 heterocycles. The lowest BCUT2D eigenvalue weighted by atomic mass is 10.1. The third-order valence-electron chi connectivity index (χ3n) is 5.04. The molecule has 1 saturated carbocycles. The van der Waals surface area contributed by atoms with E-state index in [-0.39, 0.29) is 24.0 Å². The van der Waals surface area contributed by atoms with Crippen LogP contribution in [0.25, 0.3) is 0 Å². The van der Waals surface area contributed by atoms with E-state index in [1.807, 2.05) is 0 Å². The molecule has 0 spiro atoms. The maximum Gasteiger partial charge on any atom is 0.191 e. The van der Waals surface area contributed by atoms with Crippen molar-refractivity contribution in [3.05, 3.63) is 18.0 Å². The Labute approximate surface area is 173 Å². The molecule has 7 heteroatoms. The molecule has 142 valence electrons. The lowest BCUT2D eigenvalue weighted by Crippen LogP contribution is -2.43. The fraction of sp³-hybridized carbons (Fsp3) is 0.778. The first-order valence-corrected chi connectivity index (χ1v) is 10.4. The van der Waals surface area contributed by atoms with E-state index in [9.17, 15) is 0 Å². The number of nitrogens with zero attached hydrogens (tertiary/aromatic N) is 3. The lowest BCUT2D eigenvalue weighted by molar-refractivity contribution is 0.463. The largest absolute Gasteiger partial charge is 0.357 e. The van der Waals surface area contributed by atoms with Gasteiger partial charge in [0.15, 0.2) is 5.96 Å². The normalized spacial score (nSPS) is 24.3. The zero-order chi connectivity index (χ0) is 16.8. The highest BCUT2D eigenvalue weighted by Crippen LogP contribution is 2.36. The number of hydrogen-bond donors (Lipinski definition) is 2. The van der Waals surface area contributed by atoms with E-state index >= 15 is 0 Å². The van der Waals surface area contributed by atoms with Gasteiger partial charge in [0, 0.05) is 24.0 Å². The summed E-state index contributed by atoms with van der Waals surface area (Å²) in [5, 5.41) is 11.6. The van der Waals surface area contributed by atoms with E-state index in [0.29, 0.717) is 17.3 Å². The Kier molecular flexibility index (Phi) is 8.38. The standard InChI is InChI=1S/C18H31N5S.HI/c1-3-19-17(21-14-18(2)10-6-12-24-18)20-13-15-9-11-23(22-15)16-7-4-5-8-16;/h9,11,16H,3-8,10,12-14H2,1-2H3,(H2,19,20,21);1H. The average Bonchev–Trinajstić information content (AvgIpc) is 3.31. The SMILES string of the molecule is CCNC(=NCc1ccn(C2CCCC2)n1)NCC1(C)CCCS1.I. The van der Waals surface area contributed by atoms with Crippen LogP contribution >= 0.6 is 35.7 Å². The van der Waals surface area contributed by atoms with Gasteiger partial charge in [-0.25, -0.2) is 4.99 Å². The number of aliphatic imine (C=N–C) groups is 1. The minimum absolute atomic E-state index is 0. The summed E-state index contributed by atoms with van der Waals surface area (Å²) in [6, 6.07) is 2.72.